The molecule has 0 saturated carbocycles. The lowest BCUT2D eigenvalue weighted by Crippen LogP contribution is -2.44. The highest BCUT2D eigenvalue weighted by Crippen LogP contribution is 2.39. The molecule has 0 aliphatic carbocycles. The minimum atomic E-state index is -1.16. The van der Waals surface area contributed by atoms with Gasteiger partial charge in [0.25, 0.3) is 5.91 Å². The van der Waals surface area contributed by atoms with Crippen LogP contribution in [0.15, 0.2) is 29.2 Å². The Bertz CT molecular complexity index is 900. The van der Waals surface area contributed by atoms with Crippen molar-refractivity contribution < 1.29 is 13.7 Å². The number of carbonyl (C=O) groups is 1. The van der Waals surface area contributed by atoms with E-state index in [-0.39, 0.29) is 11.9 Å². The second kappa shape index (κ2) is 6.29. The van der Waals surface area contributed by atoms with Gasteiger partial charge in [0.1, 0.15) is 0 Å². The lowest BCUT2D eigenvalue weighted by atomic mass is 10.0. The van der Waals surface area contributed by atoms with Gasteiger partial charge in [-0.1, -0.05) is 18.2 Å². The molecule has 3 aliphatic rings. The predicted octanol–water partition coefficient (Wildman–Crippen LogP) is 0.788. The Kier molecular flexibility index (Phi) is 3.91. The first-order valence-corrected chi connectivity index (χ1v) is 10.2. The van der Waals surface area contributed by atoms with Crippen LogP contribution < -0.4 is 5.32 Å². The normalized spacial score (nSPS) is 22.5. The molecule has 1 atom stereocenters. The van der Waals surface area contributed by atoms with Gasteiger partial charge in [0, 0.05) is 42.2 Å². The maximum Gasteiger partial charge on any atom is 0.274 e. The van der Waals surface area contributed by atoms with Gasteiger partial charge in [0.15, 0.2) is 5.69 Å². The zero-order valence-corrected chi connectivity index (χ0v) is 15.1. The van der Waals surface area contributed by atoms with Crippen LogP contribution >= 0.6 is 0 Å². The van der Waals surface area contributed by atoms with E-state index in [2.05, 4.69) is 5.32 Å². The molecule has 8 heteroatoms. The molecule has 136 valence electrons. The number of hydrogen-bond acceptors (Lipinski definition) is 5. The molecule has 0 spiro atoms. The summed E-state index contributed by atoms with van der Waals surface area (Å²) < 4.78 is 20.1. The number of fused-ring (bicyclic) bond motifs is 3. The molecule has 1 amide bonds. The van der Waals surface area contributed by atoms with E-state index in [0.29, 0.717) is 37.8 Å². The van der Waals surface area contributed by atoms with Crippen LogP contribution in [-0.2, 0) is 21.3 Å². The van der Waals surface area contributed by atoms with Crippen molar-refractivity contribution in [3.63, 3.8) is 0 Å². The van der Waals surface area contributed by atoms with Crippen LogP contribution in [0.3, 0.4) is 0 Å². The molecule has 1 unspecified atom stereocenters. The summed E-state index contributed by atoms with van der Waals surface area (Å²) in [7, 11) is -1.16. The number of aromatic nitrogens is 2. The molecule has 26 heavy (non-hydrogen) atoms. The van der Waals surface area contributed by atoms with Crippen molar-refractivity contribution in [2.24, 2.45) is 0 Å². The molecule has 2 fully saturated rings. The molecule has 5 rings (SSSR count). The summed E-state index contributed by atoms with van der Waals surface area (Å²) in [5.41, 5.74) is 3.18. The summed E-state index contributed by atoms with van der Waals surface area (Å²) in [5, 5.41) is 8.00. The fraction of sp³-hybridized carbons (Fsp3) is 0.444. The molecule has 0 bridgehead atoms. The van der Waals surface area contributed by atoms with Crippen LogP contribution in [0.1, 0.15) is 22.1 Å². The third-order valence-corrected chi connectivity index (χ3v) is 6.68. The molecule has 4 heterocycles. The predicted molar refractivity (Wildman–Crippen MR) is 96.4 cm³/mol. The number of morpholine rings is 1. The molecule has 2 saturated heterocycles. The number of hydrogen-bond donors (Lipinski definition) is 1. The summed E-state index contributed by atoms with van der Waals surface area (Å²) in [6.45, 7) is 3.93. The van der Waals surface area contributed by atoms with Crippen LogP contribution in [0.4, 0.5) is 0 Å². The van der Waals surface area contributed by atoms with E-state index in [0.717, 1.165) is 34.8 Å². The first kappa shape index (κ1) is 16.2. The van der Waals surface area contributed by atoms with Gasteiger partial charge >= 0.3 is 0 Å². The molecule has 7 nitrogen and oxygen atoms in total. The number of amides is 1. The van der Waals surface area contributed by atoms with Crippen molar-refractivity contribution in [1.29, 1.82) is 0 Å². The molecule has 3 aliphatic heterocycles. The molecule has 1 aromatic carbocycles. The molecule has 2 aromatic rings. The number of nitrogens with one attached hydrogen (secondary N) is 1. The smallest absolute Gasteiger partial charge is 0.274 e. The third-order valence-electron chi connectivity index (χ3n) is 5.28. The van der Waals surface area contributed by atoms with Crippen LogP contribution in [0.25, 0.3) is 11.3 Å². The summed E-state index contributed by atoms with van der Waals surface area (Å²) in [6, 6.07) is 7.99. The topological polar surface area (TPSA) is 76.5 Å². The maximum atomic E-state index is 13.1. The number of nitrogens with zero attached hydrogens (tertiary/aromatic N) is 3. The summed E-state index contributed by atoms with van der Waals surface area (Å²) in [4.78, 5) is 15.7. The van der Waals surface area contributed by atoms with Gasteiger partial charge < -0.3 is 15.0 Å². The van der Waals surface area contributed by atoms with Crippen molar-refractivity contribution in [2.45, 2.75) is 16.7 Å². The average Bonchev–Trinajstić information content (AvgIpc) is 3.00. The van der Waals surface area contributed by atoms with Gasteiger partial charge in [-0.3, -0.25) is 13.7 Å². The lowest BCUT2D eigenvalue weighted by Gasteiger charge is -2.30. The molecule has 1 aromatic heterocycles. The average molecular weight is 372 g/mol. The van der Waals surface area contributed by atoms with E-state index in [1.54, 1.807) is 4.90 Å². The molecular weight excluding hydrogens is 352 g/mol. The van der Waals surface area contributed by atoms with Crippen LogP contribution in [0.2, 0.25) is 0 Å². The first-order valence-electron chi connectivity index (χ1n) is 8.91. The van der Waals surface area contributed by atoms with E-state index < -0.39 is 10.8 Å². The van der Waals surface area contributed by atoms with Crippen LogP contribution in [-0.4, -0.2) is 64.2 Å². The van der Waals surface area contributed by atoms with Crippen LogP contribution in [0.5, 0.6) is 0 Å². The van der Waals surface area contributed by atoms with Gasteiger partial charge in [-0.05, 0) is 6.07 Å². The zero-order chi connectivity index (χ0) is 17.7. The molecular formula is C18H20N4O3S. The summed E-state index contributed by atoms with van der Waals surface area (Å²) >= 11 is 0. The van der Waals surface area contributed by atoms with Gasteiger partial charge in [-0.2, -0.15) is 5.10 Å². The van der Waals surface area contributed by atoms with Gasteiger partial charge in [0.2, 0.25) is 0 Å². The number of carbonyl (C=O) groups excluding carboxylic acids is 1. The Morgan fingerprint density at radius 2 is 2.00 bits per heavy atom. The minimum absolute atomic E-state index is 0.0769. The first-order chi connectivity index (χ1) is 12.7. The Labute approximate surface area is 153 Å². The Morgan fingerprint density at radius 1 is 1.23 bits per heavy atom. The molecule has 0 radical (unpaired) electrons. The van der Waals surface area contributed by atoms with Crippen molar-refractivity contribution in [1.82, 2.24) is 20.0 Å². The quantitative estimate of drug-likeness (QED) is 0.843. The largest absolute Gasteiger partial charge is 0.378 e. The Balaban J connectivity index is 1.65. The van der Waals surface area contributed by atoms with Gasteiger partial charge in [-0.15, -0.1) is 0 Å². The number of rotatable bonds is 2. The second-order valence-corrected chi connectivity index (χ2v) is 8.24. The lowest BCUT2D eigenvalue weighted by molar-refractivity contribution is 0.0297. The van der Waals surface area contributed by atoms with E-state index in [9.17, 15) is 9.00 Å². The Morgan fingerprint density at radius 3 is 2.73 bits per heavy atom. The minimum Gasteiger partial charge on any atom is -0.378 e. The molecule has 1 N–H and O–H groups in total. The van der Waals surface area contributed by atoms with Crippen molar-refractivity contribution in [3.05, 3.63) is 35.5 Å². The van der Waals surface area contributed by atoms with Crippen molar-refractivity contribution in [2.75, 3.05) is 39.4 Å². The van der Waals surface area contributed by atoms with E-state index in [4.69, 9.17) is 9.84 Å². The number of ether oxygens (including phenoxy) is 1. The van der Waals surface area contributed by atoms with Crippen molar-refractivity contribution in [3.8, 4) is 11.3 Å². The van der Waals surface area contributed by atoms with E-state index >= 15 is 0 Å². The van der Waals surface area contributed by atoms with Gasteiger partial charge in [0.05, 0.1) is 41.5 Å². The maximum absolute atomic E-state index is 13.1. The Hall–Kier alpha value is -2.03. The van der Waals surface area contributed by atoms with Gasteiger partial charge in [-0.25, -0.2) is 0 Å². The fourth-order valence-electron chi connectivity index (χ4n) is 3.76. The highest BCUT2D eigenvalue weighted by molar-refractivity contribution is 7.84. The summed E-state index contributed by atoms with van der Waals surface area (Å²) in [5.74, 6) is 0.268. The highest BCUT2D eigenvalue weighted by Gasteiger charge is 2.36. The standard InChI is InChI=1S/C18H20N4O3S/c23-18(21-5-7-25-8-6-21)16-14-11-26(24)15-4-2-1-3-13(15)17(14)22(20-16)12-9-19-10-12/h1-4,12,19H,5-11H2. The monoisotopic (exact) mass is 372 g/mol. The third kappa shape index (κ3) is 2.44. The van der Waals surface area contributed by atoms with Crippen molar-refractivity contribution >= 4 is 16.7 Å². The van der Waals surface area contributed by atoms with Crippen LogP contribution in [0, 0.1) is 0 Å². The highest BCUT2D eigenvalue weighted by atomic mass is 32.2. The fourth-order valence-corrected chi connectivity index (χ4v) is 5.09. The summed E-state index contributed by atoms with van der Waals surface area (Å²) in [6.07, 6.45) is 0. The number of benzene rings is 1. The SMILES string of the molecule is O=C(c1nn(C2CNC2)c2c1CS(=O)c1ccccc1-2)N1CCOCC1. The second-order valence-electron chi connectivity index (χ2n) is 6.82. The zero-order valence-electron chi connectivity index (χ0n) is 14.3. The van der Waals surface area contributed by atoms with E-state index in [1.807, 2.05) is 28.9 Å². The van der Waals surface area contributed by atoms with E-state index in [1.165, 1.54) is 0 Å².